The van der Waals surface area contributed by atoms with Crippen LogP contribution in [0.25, 0.3) is 0 Å². The van der Waals surface area contributed by atoms with Crippen LogP contribution in [0.3, 0.4) is 0 Å². The van der Waals surface area contributed by atoms with E-state index in [0.717, 1.165) is 31.6 Å². The van der Waals surface area contributed by atoms with Crippen LogP contribution in [-0.2, 0) is 4.79 Å². The summed E-state index contributed by atoms with van der Waals surface area (Å²) in [6.07, 6.45) is 1.97. The van der Waals surface area contributed by atoms with E-state index in [4.69, 9.17) is 0 Å². The van der Waals surface area contributed by atoms with Gasteiger partial charge in [-0.05, 0) is 61.7 Å². The molecule has 27 heavy (non-hydrogen) atoms. The van der Waals surface area contributed by atoms with E-state index >= 15 is 0 Å². The van der Waals surface area contributed by atoms with Crippen molar-refractivity contribution < 1.29 is 9.59 Å². The number of piperazine rings is 1. The first-order valence-electron chi connectivity index (χ1n) is 9.62. The Morgan fingerprint density at radius 1 is 0.963 bits per heavy atom. The van der Waals surface area contributed by atoms with Crippen LogP contribution in [0.2, 0.25) is 0 Å². The summed E-state index contributed by atoms with van der Waals surface area (Å²) in [4.78, 5) is 28.8. The van der Waals surface area contributed by atoms with Gasteiger partial charge in [-0.1, -0.05) is 12.1 Å². The summed E-state index contributed by atoms with van der Waals surface area (Å²) in [5.74, 6) is 0.316. The monoisotopic (exact) mass is 363 g/mol. The second-order valence-corrected chi connectivity index (χ2v) is 7.46. The number of hydrogen-bond acceptors (Lipinski definition) is 3. The molecule has 1 heterocycles. The fourth-order valence-electron chi connectivity index (χ4n) is 3.46. The van der Waals surface area contributed by atoms with E-state index in [-0.39, 0.29) is 17.7 Å². The minimum absolute atomic E-state index is 0.0546. The summed E-state index contributed by atoms with van der Waals surface area (Å²) in [6, 6.07) is 15.7. The number of nitrogens with one attached hydrogen (secondary N) is 1. The smallest absolute Gasteiger partial charge is 0.253 e. The molecule has 0 unspecified atom stereocenters. The molecule has 5 heteroatoms. The Morgan fingerprint density at radius 3 is 2.30 bits per heavy atom. The lowest BCUT2D eigenvalue weighted by Gasteiger charge is -2.36. The highest BCUT2D eigenvalue weighted by Gasteiger charge is 2.29. The second kappa shape index (κ2) is 7.43. The summed E-state index contributed by atoms with van der Waals surface area (Å²) >= 11 is 0. The molecule has 0 atom stereocenters. The number of aryl methyl sites for hydroxylation is 1. The highest BCUT2D eigenvalue weighted by atomic mass is 16.2. The van der Waals surface area contributed by atoms with Crippen LogP contribution in [-0.4, -0.2) is 42.9 Å². The summed E-state index contributed by atoms with van der Waals surface area (Å²) in [6.45, 7) is 5.20. The van der Waals surface area contributed by atoms with E-state index in [9.17, 15) is 9.59 Å². The molecule has 1 N–H and O–H groups in total. The van der Waals surface area contributed by atoms with Crippen LogP contribution >= 0.6 is 0 Å². The Labute approximate surface area is 160 Å². The Morgan fingerprint density at radius 2 is 1.67 bits per heavy atom. The third-order valence-corrected chi connectivity index (χ3v) is 5.28. The van der Waals surface area contributed by atoms with E-state index in [0.29, 0.717) is 18.7 Å². The molecule has 1 saturated carbocycles. The highest BCUT2D eigenvalue weighted by Crippen LogP contribution is 2.30. The Kier molecular flexibility index (Phi) is 4.84. The van der Waals surface area contributed by atoms with Crippen molar-refractivity contribution in [1.29, 1.82) is 0 Å². The minimum Gasteiger partial charge on any atom is -0.368 e. The van der Waals surface area contributed by atoms with Crippen molar-refractivity contribution in [2.75, 3.05) is 36.4 Å². The van der Waals surface area contributed by atoms with Crippen molar-refractivity contribution in [3.05, 3.63) is 59.7 Å². The molecule has 2 aromatic rings. The predicted octanol–water partition coefficient (Wildman–Crippen LogP) is 3.31. The van der Waals surface area contributed by atoms with Gasteiger partial charge in [0.2, 0.25) is 5.91 Å². The van der Waals surface area contributed by atoms with E-state index in [1.165, 1.54) is 11.3 Å². The van der Waals surface area contributed by atoms with E-state index in [1.54, 1.807) is 12.1 Å². The molecule has 5 nitrogen and oxygen atoms in total. The maximum Gasteiger partial charge on any atom is 0.253 e. The molecule has 2 aromatic carbocycles. The molecule has 2 amide bonds. The normalized spacial score (nSPS) is 16.9. The number of nitrogens with zero attached hydrogens (tertiary/aromatic N) is 2. The van der Waals surface area contributed by atoms with Crippen LogP contribution in [0.15, 0.2) is 48.5 Å². The van der Waals surface area contributed by atoms with Crippen molar-refractivity contribution in [2.45, 2.75) is 19.8 Å². The van der Waals surface area contributed by atoms with Crippen LogP contribution in [0.5, 0.6) is 0 Å². The van der Waals surface area contributed by atoms with Gasteiger partial charge in [0.05, 0.1) is 0 Å². The number of carbonyl (C=O) groups is 2. The number of benzene rings is 2. The van der Waals surface area contributed by atoms with E-state index in [2.05, 4.69) is 41.4 Å². The largest absolute Gasteiger partial charge is 0.368 e. The molecular formula is C22H25N3O2. The minimum atomic E-state index is 0.0546. The first kappa shape index (κ1) is 17.6. The maximum absolute atomic E-state index is 12.8. The van der Waals surface area contributed by atoms with Crippen molar-refractivity contribution in [3.63, 3.8) is 0 Å². The van der Waals surface area contributed by atoms with E-state index in [1.807, 2.05) is 17.0 Å². The third-order valence-electron chi connectivity index (χ3n) is 5.28. The van der Waals surface area contributed by atoms with E-state index < -0.39 is 0 Å². The zero-order valence-corrected chi connectivity index (χ0v) is 15.6. The summed E-state index contributed by atoms with van der Waals surface area (Å²) in [5.41, 5.74) is 3.90. The van der Waals surface area contributed by atoms with Gasteiger partial charge in [0, 0.05) is 49.0 Å². The summed E-state index contributed by atoms with van der Waals surface area (Å²) in [7, 11) is 0. The van der Waals surface area contributed by atoms with Crippen molar-refractivity contribution >= 4 is 23.2 Å². The highest BCUT2D eigenvalue weighted by molar-refractivity contribution is 5.97. The molecular weight excluding hydrogens is 338 g/mol. The standard InChI is InChI=1S/C22H25N3O2/c1-16-3-2-4-20(15-16)24-11-13-25(14-12-24)22(27)18-7-9-19(10-8-18)23-21(26)17-5-6-17/h2-4,7-10,15,17H,5-6,11-14H2,1H3,(H,23,26). The topological polar surface area (TPSA) is 52.6 Å². The van der Waals surface area contributed by atoms with Crippen LogP contribution in [0.1, 0.15) is 28.8 Å². The van der Waals surface area contributed by atoms with Gasteiger partial charge in [0.15, 0.2) is 0 Å². The fourth-order valence-corrected chi connectivity index (χ4v) is 3.46. The molecule has 0 spiro atoms. The lowest BCUT2D eigenvalue weighted by atomic mass is 10.1. The Bertz CT molecular complexity index is 835. The van der Waals surface area contributed by atoms with Gasteiger partial charge in [0.25, 0.3) is 5.91 Å². The van der Waals surface area contributed by atoms with Gasteiger partial charge in [-0.25, -0.2) is 0 Å². The van der Waals surface area contributed by atoms with Crippen LogP contribution in [0.4, 0.5) is 11.4 Å². The quantitative estimate of drug-likeness (QED) is 0.907. The summed E-state index contributed by atoms with van der Waals surface area (Å²) in [5, 5.41) is 2.91. The lowest BCUT2D eigenvalue weighted by Crippen LogP contribution is -2.48. The van der Waals surface area contributed by atoms with Crippen LogP contribution in [0, 0.1) is 12.8 Å². The van der Waals surface area contributed by atoms with Gasteiger partial charge >= 0.3 is 0 Å². The number of amides is 2. The van der Waals surface area contributed by atoms with Gasteiger partial charge in [-0.2, -0.15) is 0 Å². The third kappa shape index (κ3) is 4.13. The van der Waals surface area contributed by atoms with Gasteiger partial charge in [0.1, 0.15) is 0 Å². The average molecular weight is 363 g/mol. The van der Waals surface area contributed by atoms with Gasteiger partial charge < -0.3 is 15.1 Å². The molecule has 4 rings (SSSR count). The fraction of sp³-hybridized carbons (Fsp3) is 0.364. The van der Waals surface area contributed by atoms with Gasteiger partial charge in [-0.3, -0.25) is 9.59 Å². The molecule has 0 bridgehead atoms. The molecule has 1 saturated heterocycles. The lowest BCUT2D eigenvalue weighted by molar-refractivity contribution is -0.117. The molecule has 140 valence electrons. The maximum atomic E-state index is 12.8. The predicted molar refractivity (Wildman–Crippen MR) is 107 cm³/mol. The average Bonchev–Trinajstić information content (AvgIpc) is 3.54. The van der Waals surface area contributed by atoms with Crippen molar-refractivity contribution in [1.82, 2.24) is 4.90 Å². The van der Waals surface area contributed by atoms with Crippen LogP contribution < -0.4 is 10.2 Å². The molecule has 0 aromatic heterocycles. The zero-order chi connectivity index (χ0) is 18.8. The Hall–Kier alpha value is -2.82. The number of hydrogen-bond donors (Lipinski definition) is 1. The second-order valence-electron chi connectivity index (χ2n) is 7.46. The molecule has 1 aliphatic heterocycles. The number of anilines is 2. The zero-order valence-electron chi connectivity index (χ0n) is 15.6. The number of rotatable bonds is 4. The molecule has 1 aliphatic carbocycles. The Balaban J connectivity index is 1.34. The van der Waals surface area contributed by atoms with Crippen molar-refractivity contribution in [3.8, 4) is 0 Å². The van der Waals surface area contributed by atoms with Crippen molar-refractivity contribution in [2.24, 2.45) is 5.92 Å². The number of carbonyl (C=O) groups excluding carboxylic acids is 2. The summed E-state index contributed by atoms with van der Waals surface area (Å²) < 4.78 is 0. The first-order valence-corrected chi connectivity index (χ1v) is 9.62. The molecule has 2 fully saturated rings. The molecule has 0 radical (unpaired) electrons. The molecule has 2 aliphatic rings. The van der Waals surface area contributed by atoms with Gasteiger partial charge in [-0.15, -0.1) is 0 Å². The first-order chi connectivity index (χ1) is 13.1. The SMILES string of the molecule is Cc1cccc(N2CCN(C(=O)c3ccc(NC(=O)C4CC4)cc3)CC2)c1.